The summed E-state index contributed by atoms with van der Waals surface area (Å²) >= 11 is 0. The maximum absolute atomic E-state index is 12.4. The van der Waals surface area contributed by atoms with E-state index in [1.807, 2.05) is 36.6 Å². The van der Waals surface area contributed by atoms with Crippen molar-refractivity contribution in [2.75, 3.05) is 12.3 Å². The molecular weight excluding hydrogens is 278 g/mol. The smallest absolute Gasteiger partial charge is 0.329 e. The summed E-state index contributed by atoms with van der Waals surface area (Å²) in [6.45, 7) is 8.55. The Morgan fingerprint density at radius 3 is 2.68 bits per heavy atom. The largest absolute Gasteiger partial charge is 0.464 e. The molecule has 0 radical (unpaired) electrons. The Kier molecular flexibility index (Phi) is 5.06. The predicted molar refractivity (Wildman–Crippen MR) is 88.8 cm³/mol. The summed E-state index contributed by atoms with van der Waals surface area (Å²) in [6, 6.07) is 5.32. The molecule has 1 heterocycles. The number of rotatable bonds is 6. The fraction of sp³-hybridized carbons (Fsp3) is 0.529. The van der Waals surface area contributed by atoms with Crippen LogP contribution < -0.4 is 5.73 Å². The summed E-state index contributed by atoms with van der Waals surface area (Å²) in [5, 5.41) is 0. The van der Waals surface area contributed by atoms with Crippen molar-refractivity contribution in [1.82, 2.24) is 9.55 Å². The summed E-state index contributed by atoms with van der Waals surface area (Å²) in [4.78, 5) is 17.1. The van der Waals surface area contributed by atoms with E-state index >= 15 is 0 Å². The Morgan fingerprint density at radius 1 is 1.36 bits per heavy atom. The van der Waals surface area contributed by atoms with Crippen molar-refractivity contribution in [2.45, 2.75) is 52.5 Å². The molecule has 0 aliphatic rings. The maximum Gasteiger partial charge on any atom is 0.329 e. The summed E-state index contributed by atoms with van der Waals surface area (Å²) in [5.74, 6) is 0.862. The molecule has 5 heteroatoms. The zero-order valence-corrected chi connectivity index (χ0v) is 13.8. The molecule has 0 amide bonds. The van der Waals surface area contributed by atoms with Gasteiger partial charge in [0.2, 0.25) is 0 Å². The first kappa shape index (κ1) is 16.3. The first-order valence-corrected chi connectivity index (χ1v) is 7.94. The van der Waals surface area contributed by atoms with Gasteiger partial charge in [0.15, 0.2) is 0 Å². The third-order valence-corrected chi connectivity index (χ3v) is 3.71. The topological polar surface area (TPSA) is 70.1 Å². The van der Waals surface area contributed by atoms with Crippen molar-refractivity contribution in [3.8, 4) is 0 Å². The van der Waals surface area contributed by atoms with Crippen LogP contribution in [0.1, 0.15) is 58.3 Å². The van der Waals surface area contributed by atoms with E-state index in [1.54, 1.807) is 0 Å². The highest BCUT2D eigenvalue weighted by molar-refractivity contribution is 5.89. The Labute approximate surface area is 131 Å². The van der Waals surface area contributed by atoms with Gasteiger partial charge in [-0.1, -0.05) is 33.8 Å². The van der Waals surface area contributed by atoms with Crippen LogP contribution in [0.2, 0.25) is 0 Å². The van der Waals surface area contributed by atoms with Crippen LogP contribution in [0.15, 0.2) is 18.2 Å². The minimum atomic E-state index is -0.365. The van der Waals surface area contributed by atoms with Gasteiger partial charge in [0.25, 0.3) is 0 Å². The molecule has 1 aromatic carbocycles. The summed E-state index contributed by atoms with van der Waals surface area (Å²) in [7, 11) is 0. The molecule has 1 unspecified atom stereocenters. The van der Waals surface area contributed by atoms with Crippen molar-refractivity contribution in [2.24, 2.45) is 0 Å². The molecule has 120 valence electrons. The zero-order valence-electron chi connectivity index (χ0n) is 13.8. The van der Waals surface area contributed by atoms with Gasteiger partial charge in [-0.3, -0.25) is 0 Å². The number of esters is 1. The van der Waals surface area contributed by atoms with Crippen molar-refractivity contribution in [3.05, 3.63) is 24.0 Å². The highest BCUT2D eigenvalue weighted by Gasteiger charge is 2.26. The minimum Gasteiger partial charge on any atom is -0.464 e. The SMILES string of the molecule is CCCOC(=O)C(CC)n1c(C(C)C)nc2c(N)cccc21. The van der Waals surface area contributed by atoms with E-state index in [2.05, 4.69) is 18.8 Å². The lowest BCUT2D eigenvalue weighted by Crippen LogP contribution is -2.23. The molecule has 0 spiro atoms. The number of imidazole rings is 1. The Morgan fingerprint density at radius 2 is 2.09 bits per heavy atom. The Bertz CT molecular complexity index is 661. The standard InChI is InChI=1S/C17H25N3O2/c1-5-10-22-17(21)13(6-2)20-14-9-7-8-12(18)15(14)19-16(20)11(3)4/h7-9,11,13H,5-6,10,18H2,1-4H3. The number of ether oxygens (including phenoxy) is 1. The fourth-order valence-electron chi connectivity index (χ4n) is 2.65. The molecule has 22 heavy (non-hydrogen) atoms. The van der Waals surface area contributed by atoms with Crippen molar-refractivity contribution in [3.63, 3.8) is 0 Å². The molecule has 5 nitrogen and oxygen atoms in total. The van der Waals surface area contributed by atoms with Gasteiger partial charge in [0.05, 0.1) is 17.8 Å². The Hall–Kier alpha value is -2.04. The monoisotopic (exact) mass is 303 g/mol. The van der Waals surface area contributed by atoms with Gasteiger partial charge in [0, 0.05) is 5.92 Å². The number of benzene rings is 1. The van der Waals surface area contributed by atoms with E-state index in [1.165, 1.54) is 0 Å². The van der Waals surface area contributed by atoms with Gasteiger partial charge in [-0.05, 0) is 25.0 Å². The van der Waals surface area contributed by atoms with E-state index in [9.17, 15) is 4.79 Å². The average molecular weight is 303 g/mol. The van der Waals surface area contributed by atoms with Crippen LogP contribution in [0.3, 0.4) is 0 Å². The lowest BCUT2D eigenvalue weighted by molar-refractivity contribution is -0.147. The predicted octanol–water partition coefficient (Wildman–Crippen LogP) is 3.65. The zero-order chi connectivity index (χ0) is 16.3. The van der Waals surface area contributed by atoms with E-state index < -0.39 is 0 Å². The number of carbonyl (C=O) groups excluding carboxylic acids is 1. The molecule has 2 aromatic rings. The molecule has 0 fully saturated rings. The van der Waals surface area contributed by atoms with E-state index in [-0.39, 0.29) is 17.9 Å². The number of hydrogen-bond acceptors (Lipinski definition) is 4. The molecule has 1 aromatic heterocycles. The molecule has 1 atom stereocenters. The number of hydrogen-bond donors (Lipinski definition) is 1. The molecule has 0 saturated heterocycles. The summed E-state index contributed by atoms with van der Waals surface area (Å²) < 4.78 is 7.36. The van der Waals surface area contributed by atoms with Gasteiger partial charge in [-0.2, -0.15) is 0 Å². The van der Waals surface area contributed by atoms with Gasteiger partial charge in [-0.25, -0.2) is 9.78 Å². The number of fused-ring (bicyclic) bond motifs is 1. The van der Waals surface area contributed by atoms with Crippen LogP contribution in [0, 0.1) is 0 Å². The van der Waals surface area contributed by atoms with Crippen molar-refractivity contribution < 1.29 is 9.53 Å². The number of aromatic nitrogens is 2. The number of nitrogens with zero attached hydrogens (tertiary/aromatic N) is 2. The molecule has 0 aliphatic heterocycles. The van der Waals surface area contributed by atoms with Crippen LogP contribution in [0.25, 0.3) is 11.0 Å². The second-order valence-electron chi connectivity index (χ2n) is 5.80. The van der Waals surface area contributed by atoms with Gasteiger partial charge in [0.1, 0.15) is 17.4 Å². The molecule has 0 aliphatic carbocycles. The van der Waals surface area contributed by atoms with Crippen LogP contribution in [-0.2, 0) is 9.53 Å². The third-order valence-electron chi connectivity index (χ3n) is 3.71. The first-order chi connectivity index (χ1) is 10.5. The van der Waals surface area contributed by atoms with Crippen molar-refractivity contribution >= 4 is 22.7 Å². The second kappa shape index (κ2) is 6.81. The van der Waals surface area contributed by atoms with E-state index in [0.29, 0.717) is 18.7 Å². The maximum atomic E-state index is 12.4. The summed E-state index contributed by atoms with van der Waals surface area (Å²) in [6.07, 6.45) is 1.47. The third kappa shape index (κ3) is 2.93. The fourth-order valence-corrected chi connectivity index (χ4v) is 2.65. The molecule has 0 saturated carbocycles. The number of nitrogen functional groups attached to an aromatic ring is 1. The number of nitrogens with two attached hydrogens (primary N) is 1. The quantitative estimate of drug-likeness (QED) is 0.653. The van der Waals surface area contributed by atoms with Gasteiger partial charge in [-0.15, -0.1) is 0 Å². The highest BCUT2D eigenvalue weighted by Crippen LogP contribution is 2.30. The van der Waals surface area contributed by atoms with E-state index in [0.717, 1.165) is 23.3 Å². The number of carbonyl (C=O) groups is 1. The minimum absolute atomic E-state index is 0.194. The number of para-hydroxylation sites is 1. The average Bonchev–Trinajstić information content (AvgIpc) is 2.87. The van der Waals surface area contributed by atoms with E-state index in [4.69, 9.17) is 10.5 Å². The molecular formula is C17H25N3O2. The van der Waals surface area contributed by atoms with Crippen LogP contribution in [0.4, 0.5) is 5.69 Å². The summed E-state index contributed by atoms with van der Waals surface area (Å²) in [5.41, 5.74) is 8.33. The second-order valence-corrected chi connectivity index (χ2v) is 5.80. The van der Waals surface area contributed by atoms with Crippen molar-refractivity contribution in [1.29, 1.82) is 0 Å². The lowest BCUT2D eigenvalue weighted by atomic mass is 10.1. The number of anilines is 1. The normalized spacial score (nSPS) is 12.8. The molecule has 0 bridgehead atoms. The van der Waals surface area contributed by atoms with Crippen LogP contribution >= 0.6 is 0 Å². The lowest BCUT2D eigenvalue weighted by Gasteiger charge is -2.20. The Balaban J connectivity index is 2.58. The first-order valence-electron chi connectivity index (χ1n) is 7.94. The van der Waals surface area contributed by atoms with Gasteiger partial charge < -0.3 is 15.0 Å². The highest BCUT2D eigenvalue weighted by atomic mass is 16.5. The molecule has 2 N–H and O–H groups in total. The molecule has 2 rings (SSSR count). The van der Waals surface area contributed by atoms with Crippen LogP contribution in [0.5, 0.6) is 0 Å². The van der Waals surface area contributed by atoms with Crippen LogP contribution in [-0.4, -0.2) is 22.1 Å². The van der Waals surface area contributed by atoms with Gasteiger partial charge >= 0.3 is 5.97 Å².